The van der Waals surface area contributed by atoms with Gasteiger partial charge in [0.25, 0.3) is 5.91 Å². The highest BCUT2D eigenvalue weighted by atomic mass is 16.2. The highest BCUT2D eigenvalue weighted by molar-refractivity contribution is 5.94. The van der Waals surface area contributed by atoms with Crippen LogP contribution in [0, 0.1) is 13.8 Å². The summed E-state index contributed by atoms with van der Waals surface area (Å²) in [6.45, 7) is 8.13. The zero-order valence-corrected chi connectivity index (χ0v) is 16.4. The first-order chi connectivity index (χ1) is 13.6. The van der Waals surface area contributed by atoms with Crippen molar-refractivity contribution in [2.24, 2.45) is 0 Å². The molecule has 4 rings (SSSR count). The summed E-state index contributed by atoms with van der Waals surface area (Å²) < 4.78 is 1.77. The number of aryl methyl sites for hydroxylation is 2. The van der Waals surface area contributed by atoms with Gasteiger partial charge in [-0.2, -0.15) is 5.10 Å². The summed E-state index contributed by atoms with van der Waals surface area (Å²) in [5.74, 6) is 0.105. The van der Waals surface area contributed by atoms with Crippen LogP contribution < -0.4 is 4.90 Å². The third kappa shape index (κ3) is 3.91. The molecule has 0 radical (unpaired) electrons. The molecular formula is C22H25N5O. The summed E-state index contributed by atoms with van der Waals surface area (Å²) in [4.78, 5) is 21.2. The van der Waals surface area contributed by atoms with E-state index in [-0.39, 0.29) is 5.91 Å². The van der Waals surface area contributed by atoms with Gasteiger partial charge < -0.3 is 9.80 Å². The Labute approximate surface area is 165 Å². The minimum absolute atomic E-state index is 0.105. The van der Waals surface area contributed by atoms with Crippen molar-refractivity contribution in [1.29, 1.82) is 0 Å². The second-order valence-corrected chi connectivity index (χ2v) is 7.36. The summed E-state index contributed by atoms with van der Waals surface area (Å²) >= 11 is 0. The fourth-order valence-electron chi connectivity index (χ4n) is 3.65. The zero-order valence-electron chi connectivity index (χ0n) is 16.4. The zero-order chi connectivity index (χ0) is 19.5. The van der Waals surface area contributed by atoms with Gasteiger partial charge in [-0.05, 0) is 48.7 Å². The van der Waals surface area contributed by atoms with Crippen LogP contribution in [-0.2, 0) is 6.54 Å². The highest BCUT2D eigenvalue weighted by Gasteiger charge is 2.23. The van der Waals surface area contributed by atoms with Crippen LogP contribution in [0.1, 0.15) is 27.0 Å². The number of amides is 1. The van der Waals surface area contributed by atoms with Gasteiger partial charge in [0.2, 0.25) is 0 Å². The number of carbonyl (C=O) groups excluding carboxylic acids is 1. The fraction of sp³-hybridized carbons (Fsp3) is 0.318. The molecule has 6 nitrogen and oxygen atoms in total. The smallest absolute Gasteiger partial charge is 0.253 e. The van der Waals surface area contributed by atoms with E-state index in [2.05, 4.69) is 47.0 Å². The van der Waals surface area contributed by atoms with Crippen LogP contribution in [0.5, 0.6) is 0 Å². The molecular weight excluding hydrogens is 350 g/mol. The lowest BCUT2D eigenvalue weighted by atomic mass is 10.1. The highest BCUT2D eigenvalue weighted by Crippen LogP contribution is 2.23. The van der Waals surface area contributed by atoms with Gasteiger partial charge in [0.1, 0.15) is 12.7 Å². The standard InChI is InChI=1S/C22H25N5O/c1-17-3-4-18(2)21(13-17)25-9-11-26(12-10-25)22(28)20-7-5-19(6-8-20)14-27-16-23-15-24-27/h3-8,13,15-16H,9-12,14H2,1-2H3. The number of hydrogen-bond donors (Lipinski definition) is 0. The second-order valence-electron chi connectivity index (χ2n) is 7.36. The number of aromatic nitrogens is 3. The molecule has 1 saturated heterocycles. The van der Waals surface area contributed by atoms with Gasteiger partial charge in [-0.3, -0.25) is 4.79 Å². The molecule has 1 aliphatic rings. The van der Waals surface area contributed by atoms with E-state index in [9.17, 15) is 4.79 Å². The molecule has 144 valence electrons. The van der Waals surface area contributed by atoms with Crippen molar-refractivity contribution in [3.63, 3.8) is 0 Å². The van der Waals surface area contributed by atoms with Gasteiger partial charge in [0.05, 0.1) is 6.54 Å². The first-order valence-electron chi connectivity index (χ1n) is 9.63. The third-order valence-corrected chi connectivity index (χ3v) is 5.28. The Bertz CT molecular complexity index is 942. The molecule has 28 heavy (non-hydrogen) atoms. The number of rotatable bonds is 4. The number of piperazine rings is 1. The maximum absolute atomic E-state index is 12.9. The lowest BCUT2D eigenvalue weighted by Gasteiger charge is -2.37. The maximum atomic E-state index is 12.9. The molecule has 6 heteroatoms. The summed E-state index contributed by atoms with van der Waals surface area (Å²) in [6, 6.07) is 14.3. The minimum atomic E-state index is 0.105. The molecule has 1 aromatic heterocycles. The van der Waals surface area contributed by atoms with Crippen LogP contribution in [0.15, 0.2) is 55.1 Å². The molecule has 3 aromatic rings. The van der Waals surface area contributed by atoms with Gasteiger partial charge in [0.15, 0.2) is 0 Å². The largest absolute Gasteiger partial charge is 0.368 e. The van der Waals surface area contributed by atoms with Crippen LogP contribution in [0.4, 0.5) is 5.69 Å². The molecule has 0 saturated carbocycles. The number of anilines is 1. The van der Waals surface area contributed by atoms with E-state index in [1.165, 1.54) is 23.1 Å². The van der Waals surface area contributed by atoms with Crippen LogP contribution in [0.3, 0.4) is 0 Å². The molecule has 0 aliphatic carbocycles. The van der Waals surface area contributed by atoms with Crippen LogP contribution in [0.25, 0.3) is 0 Å². The van der Waals surface area contributed by atoms with Gasteiger partial charge in [-0.1, -0.05) is 24.3 Å². The monoisotopic (exact) mass is 375 g/mol. The Balaban J connectivity index is 1.38. The van der Waals surface area contributed by atoms with Crippen molar-refractivity contribution in [2.45, 2.75) is 20.4 Å². The summed E-state index contributed by atoms with van der Waals surface area (Å²) in [5.41, 5.74) is 5.67. The normalized spacial score (nSPS) is 14.4. The Morgan fingerprint density at radius 2 is 1.75 bits per heavy atom. The molecule has 0 bridgehead atoms. The lowest BCUT2D eigenvalue weighted by molar-refractivity contribution is 0.0747. The third-order valence-electron chi connectivity index (χ3n) is 5.28. The maximum Gasteiger partial charge on any atom is 0.253 e. The first-order valence-corrected chi connectivity index (χ1v) is 9.63. The van der Waals surface area contributed by atoms with E-state index in [4.69, 9.17) is 0 Å². The molecule has 2 heterocycles. The SMILES string of the molecule is Cc1ccc(C)c(N2CCN(C(=O)c3ccc(Cn4cncn4)cc3)CC2)c1. The van der Waals surface area contributed by atoms with Gasteiger partial charge in [-0.25, -0.2) is 9.67 Å². The van der Waals surface area contributed by atoms with E-state index in [0.717, 1.165) is 37.3 Å². The van der Waals surface area contributed by atoms with E-state index in [1.807, 2.05) is 29.2 Å². The molecule has 0 spiro atoms. The Hall–Kier alpha value is -3.15. The average molecular weight is 375 g/mol. The van der Waals surface area contributed by atoms with E-state index < -0.39 is 0 Å². The van der Waals surface area contributed by atoms with Crippen molar-refractivity contribution < 1.29 is 4.79 Å². The molecule has 1 fully saturated rings. The molecule has 0 N–H and O–H groups in total. The van der Waals surface area contributed by atoms with E-state index in [1.54, 1.807) is 11.0 Å². The topological polar surface area (TPSA) is 54.3 Å². The fourth-order valence-corrected chi connectivity index (χ4v) is 3.65. The number of benzene rings is 2. The first kappa shape index (κ1) is 18.2. The summed E-state index contributed by atoms with van der Waals surface area (Å²) in [5, 5.41) is 4.11. The van der Waals surface area contributed by atoms with E-state index in [0.29, 0.717) is 6.54 Å². The van der Waals surface area contributed by atoms with Crippen LogP contribution >= 0.6 is 0 Å². The Morgan fingerprint density at radius 3 is 2.43 bits per heavy atom. The van der Waals surface area contributed by atoms with Crippen molar-refractivity contribution in [3.8, 4) is 0 Å². The van der Waals surface area contributed by atoms with Gasteiger partial charge >= 0.3 is 0 Å². The molecule has 2 aromatic carbocycles. The van der Waals surface area contributed by atoms with Crippen LogP contribution in [0.2, 0.25) is 0 Å². The molecule has 0 unspecified atom stereocenters. The van der Waals surface area contributed by atoms with Gasteiger partial charge in [-0.15, -0.1) is 0 Å². The Morgan fingerprint density at radius 1 is 1.00 bits per heavy atom. The lowest BCUT2D eigenvalue weighted by Crippen LogP contribution is -2.49. The molecule has 1 aliphatic heterocycles. The van der Waals surface area contributed by atoms with Crippen molar-refractivity contribution in [1.82, 2.24) is 19.7 Å². The van der Waals surface area contributed by atoms with Crippen LogP contribution in [-0.4, -0.2) is 51.8 Å². The molecule has 0 atom stereocenters. The van der Waals surface area contributed by atoms with E-state index >= 15 is 0 Å². The number of nitrogens with zero attached hydrogens (tertiary/aromatic N) is 5. The summed E-state index contributed by atoms with van der Waals surface area (Å²) in [6.07, 6.45) is 3.21. The predicted octanol–water partition coefficient (Wildman–Crippen LogP) is 2.91. The summed E-state index contributed by atoms with van der Waals surface area (Å²) in [7, 11) is 0. The van der Waals surface area contributed by atoms with Crippen molar-refractivity contribution in [3.05, 3.63) is 77.4 Å². The molecule has 1 amide bonds. The Kier molecular flexibility index (Phi) is 5.10. The minimum Gasteiger partial charge on any atom is -0.368 e. The van der Waals surface area contributed by atoms with Crippen molar-refractivity contribution in [2.75, 3.05) is 31.1 Å². The predicted molar refractivity (Wildman–Crippen MR) is 110 cm³/mol. The quantitative estimate of drug-likeness (QED) is 0.704. The van der Waals surface area contributed by atoms with Gasteiger partial charge in [0, 0.05) is 37.4 Å². The second kappa shape index (κ2) is 7.84. The number of hydrogen-bond acceptors (Lipinski definition) is 4. The average Bonchev–Trinajstić information content (AvgIpc) is 3.23. The van der Waals surface area contributed by atoms with Crippen molar-refractivity contribution >= 4 is 11.6 Å². The number of carbonyl (C=O) groups is 1.